The molecule has 0 radical (unpaired) electrons. The van der Waals surface area contributed by atoms with Crippen molar-refractivity contribution in [3.05, 3.63) is 53.1 Å². The second-order valence-electron chi connectivity index (χ2n) is 9.58. The minimum atomic E-state index is -0.665. The summed E-state index contributed by atoms with van der Waals surface area (Å²) >= 11 is 0. The van der Waals surface area contributed by atoms with Crippen molar-refractivity contribution in [1.29, 1.82) is 0 Å². The fourth-order valence-electron chi connectivity index (χ4n) is 4.30. The second-order valence-corrected chi connectivity index (χ2v) is 9.58. The van der Waals surface area contributed by atoms with Crippen LogP contribution in [0.4, 0.5) is 5.69 Å². The van der Waals surface area contributed by atoms with Crippen LogP contribution in [-0.4, -0.2) is 47.5 Å². The quantitative estimate of drug-likeness (QED) is 0.408. The van der Waals surface area contributed by atoms with Gasteiger partial charge in [-0.2, -0.15) is 0 Å². The van der Waals surface area contributed by atoms with E-state index in [1.54, 1.807) is 57.2 Å². The topological polar surface area (TPSA) is 108 Å². The Morgan fingerprint density at radius 1 is 1.15 bits per heavy atom. The lowest BCUT2D eigenvalue weighted by atomic mass is 10.0. The van der Waals surface area contributed by atoms with E-state index in [1.807, 2.05) is 0 Å². The molecule has 8 nitrogen and oxygen atoms in total. The van der Waals surface area contributed by atoms with Gasteiger partial charge < -0.3 is 24.8 Å². The van der Waals surface area contributed by atoms with Crippen LogP contribution < -0.4 is 15.2 Å². The molecule has 1 fully saturated rings. The summed E-state index contributed by atoms with van der Waals surface area (Å²) in [4.78, 5) is 40.7. The number of nitrogens with two attached hydrogens (primary N) is 1. The summed E-state index contributed by atoms with van der Waals surface area (Å²) in [5.41, 5.74) is 7.29. The number of esters is 2. The van der Waals surface area contributed by atoms with Crippen LogP contribution in [0.5, 0.6) is 11.5 Å². The third-order valence-corrected chi connectivity index (χ3v) is 5.79. The largest absolute Gasteiger partial charge is 0.489 e. The molecule has 0 bridgehead atoms. The number of aryl methyl sites for hydroxylation is 1. The Hall–Kier alpha value is -3.55. The van der Waals surface area contributed by atoms with Gasteiger partial charge in [-0.3, -0.25) is 4.79 Å². The maximum atomic E-state index is 13.6. The van der Waals surface area contributed by atoms with Gasteiger partial charge in [0.2, 0.25) is 0 Å². The lowest BCUT2D eigenvalue weighted by Gasteiger charge is -2.28. The molecule has 0 aromatic heterocycles. The van der Waals surface area contributed by atoms with Crippen LogP contribution in [0, 0.1) is 0 Å². The molecule has 1 atom stereocenters. The van der Waals surface area contributed by atoms with Crippen molar-refractivity contribution in [1.82, 2.24) is 4.90 Å². The van der Waals surface area contributed by atoms with Gasteiger partial charge in [-0.25, -0.2) is 9.59 Å². The molecule has 0 aliphatic carbocycles. The number of hydrogen-bond acceptors (Lipinski definition) is 7. The SMILES string of the molecule is CC(C)(C)OC(=O)[C@@H]1CCCN1C(=O)c1cccc2c1OCCCc1cc(N)ccc1C(=O)O2. The second kappa shape index (κ2) is 9.37. The molecule has 2 N–H and O–H groups in total. The van der Waals surface area contributed by atoms with Gasteiger partial charge in [0.15, 0.2) is 11.5 Å². The number of benzene rings is 2. The number of para-hydroxylation sites is 1. The van der Waals surface area contributed by atoms with Crippen molar-refractivity contribution in [3.8, 4) is 11.5 Å². The number of carbonyl (C=O) groups is 3. The number of likely N-dealkylation sites (tertiary alicyclic amines) is 1. The Labute approximate surface area is 199 Å². The number of ether oxygens (including phenoxy) is 3. The van der Waals surface area contributed by atoms with Crippen LogP contribution in [-0.2, 0) is 16.0 Å². The maximum absolute atomic E-state index is 13.6. The average Bonchev–Trinajstić information content (AvgIpc) is 3.26. The first-order valence-electron chi connectivity index (χ1n) is 11.5. The van der Waals surface area contributed by atoms with E-state index in [2.05, 4.69) is 0 Å². The molecule has 2 aliphatic rings. The first-order chi connectivity index (χ1) is 16.1. The van der Waals surface area contributed by atoms with Crippen molar-refractivity contribution < 1.29 is 28.6 Å². The Bertz CT molecular complexity index is 1120. The van der Waals surface area contributed by atoms with E-state index in [4.69, 9.17) is 19.9 Å². The van der Waals surface area contributed by atoms with Crippen LogP contribution in [0.1, 0.15) is 66.3 Å². The Morgan fingerprint density at radius 3 is 2.71 bits per heavy atom. The zero-order valence-electron chi connectivity index (χ0n) is 19.8. The maximum Gasteiger partial charge on any atom is 0.343 e. The first-order valence-corrected chi connectivity index (χ1v) is 11.5. The highest BCUT2D eigenvalue weighted by molar-refractivity contribution is 6.01. The van der Waals surface area contributed by atoms with E-state index < -0.39 is 23.6 Å². The highest BCUT2D eigenvalue weighted by Crippen LogP contribution is 2.35. The molecule has 2 aromatic carbocycles. The van der Waals surface area contributed by atoms with E-state index >= 15 is 0 Å². The molecule has 34 heavy (non-hydrogen) atoms. The number of nitrogen functional groups attached to an aromatic ring is 1. The van der Waals surface area contributed by atoms with Crippen molar-refractivity contribution in [3.63, 3.8) is 0 Å². The number of anilines is 1. The van der Waals surface area contributed by atoms with Crippen LogP contribution in [0.25, 0.3) is 0 Å². The minimum absolute atomic E-state index is 0.161. The van der Waals surface area contributed by atoms with Gasteiger partial charge in [0.1, 0.15) is 11.6 Å². The van der Waals surface area contributed by atoms with Gasteiger partial charge in [-0.05, 0) is 82.3 Å². The summed E-state index contributed by atoms with van der Waals surface area (Å²) in [5.74, 6) is -0.956. The molecule has 0 unspecified atom stereocenters. The molecule has 1 amide bonds. The lowest BCUT2D eigenvalue weighted by Crippen LogP contribution is -2.43. The number of amides is 1. The Morgan fingerprint density at radius 2 is 1.94 bits per heavy atom. The summed E-state index contributed by atoms with van der Waals surface area (Å²) in [6.07, 6.45) is 2.43. The lowest BCUT2D eigenvalue weighted by molar-refractivity contribution is -0.159. The zero-order valence-corrected chi connectivity index (χ0v) is 19.8. The monoisotopic (exact) mass is 466 g/mol. The number of fused-ring (bicyclic) bond motifs is 2. The van der Waals surface area contributed by atoms with Crippen molar-refractivity contribution in [2.75, 3.05) is 18.9 Å². The van der Waals surface area contributed by atoms with Crippen molar-refractivity contribution in [2.45, 2.75) is 58.1 Å². The van der Waals surface area contributed by atoms with Crippen molar-refractivity contribution >= 4 is 23.5 Å². The number of hydrogen-bond donors (Lipinski definition) is 1. The number of carbonyl (C=O) groups excluding carboxylic acids is 3. The summed E-state index contributed by atoms with van der Waals surface area (Å²) < 4.78 is 17.2. The van der Waals surface area contributed by atoms with Crippen LogP contribution in [0.3, 0.4) is 0 Å². The van der Waals surface area contributed by atoms with E-state index in [0.29, 0.717) is 50.1 Å². The molecule has 2 aliphatic heterocycles. The molecule has 1 saturated heterocycles. The Balaban J connectivity index is 1.64. The van der Waals surface area contributed by atoms with Gasteiger partial charge in [-0.15, -0.1) is 0 Å². The van der Waals surface area contributed by atoms with Gasteiger partial charge >= 0.3 is 11.9 Å². The third kappa shape index (κ3) is 5.00. The summed E-state index contributed by atoms with van der Waals surface area (Å²) in [6, 6.07) is 9.27. The van der Waals surface area contributed by atoms with Gasteiger partial charge in [0.05, 0.1) is 17.7 Å². The molecule has 2 aromatic rings. The molecule has 0 saturated carbocycles. The normalized spacial score (nSPS) is 18.3. The predicted octanol–water partition coefficient (Wildman–Crippen LogP) is 3.76. The standard InChI is InChI=1S/C26H30N2O6/c1-26(2,3)34-25(31)20-9-5-13-28(20)23(29)19-8-4-10-21-22(19)32-14-6-7-16-15-17(27)11-12-18(16)24(30)33-21/h4,8,10-12,15,20H,5-7,9,13-14,27H2,1-3H3/t20-/m0/s1. The highest BCUT2D eigenvalue weighted by atomic mass is 16.6. The molecular formula is C26H30N2O6. The molecule has 180 valence electrons. The summed E-state index contributed by atoms with van der Waals surface area (Å²) in [6.45, 7) is 6.14. The molecule has 0 spiro atoms. The van der Waals surface area contributed by atoms with E-state index in [0.717, 1.165) is 5.56 Å². The summed E-state index contributed by atoms with van der Waals surface area (Å²) in [7, 11) is 0. The Kier molecular flexibility index (Phi) is 6.50. The molecule has 2 heterocycles. The van der Waals surface area contributed by atoms with E-state index in [9.17, 15) is 14.4 Å². The van der Waals surface area contributed by atoms with Gasteiger partial charge in [0, 0.05) is 12.2 Å². The fraction of sp³-hybridized carbons (Fsp3) is 0.423. The minimum Gasteiger partial charge on any atom is -0.489 e. The highest BCUT2D eigenvalue weighted by Gasteiger charge is 2.38. The zero-order chi connectivity index (χ0) is 24.5. The smallest absolute Gasteiger partial charge is 0.343 e. The first kappa shape index (κ1) is 23.6. The number of nitrogens with zero attached hydrogens (tertiary/aromatic N) is 1. The third-order valence-electron chi connectivity index (χ3n) is 5.79. The molecule has 8 heteroatoms. The average molecular weight is 467 g/mol. The van der Waals surface area contributed by atoms with Crippen molar-refractivity contribution in [2.24, 2.45) is 0 Å². The molecular weight excluding hydrogens is 436 g/mol. The van der Waals surface area contributed by atoms with Crippen LogP contribution >= 0.6 is 0 Å². The van der Waals surface area contributed by atoms with Crippen LogP contribution in [0.2, 0.25) is 0 Å². The van der Waals surface area contributed by atoms with E-state index in [1.165, 1.54) is 4.90 Å². The summed E-state index contributed by atoms with van der Waals surface area (Å²) in [5, 5.41) is 0. The van der Waals surface area contributed by atoms with E-state index in [-0.39, 0.29) is 23.0 Å². The number of rotatable bonds is 2. The fourth-order valence-corrected chi connectivity index (χ4v) is 4.30. The predicted molar refractivity (Wildman–Crippen MR) is 126 cm³/mol. The van der Waals surface area contributed by atoms with Gasteiger partial charge in [-0.1, -0.05) is 6.07 Å². The van der Waals surface area contributed by atoms with Crippen LogP contribution in [0.15, 0.2) is 36.4 Å². The van der Waals surface area contributed by atoms with Gasteiger partial charge in [0.25, 0.3) is 5.91 Å². The molecule has 4 rings (SSSR count).